The van der Waals surface area contributed by atoms with Gasteiger partial charge >= 0.3 is 0 Å². The maximum absolute atomic E-state index is 12.8. The Morgan fingerprint density at radius 3 is 2.65 bits per heavy atom. The summed E-state index contributed by atoms with van der Waals surface area (Å²) in [6.07, 6.45) is 5.29. The van der Waals surface area contributed by atoms with Crippen LogP contribution in [-0.4, -0.2) is 9.46 Å². The Labute approximate surface area is 132 Å². The van der Waals surface area contributed by atoms with Gasteiger partial charge in [-0.15, -0.1) is 0 Å². The van der Waals surface area contributed by atoms with Crippen molar-refractivity contribution < 1.29 is 4.21 Å². The van der Waals surface area contributed by atoms with E-state index in [9.17, 15) is 9.47 Å². The molecule has 1 aromatic rings. The van der Waals surface area contributed by atoms with Gasteiger partial charge in [0.15, 0.2) is 0 Å². The number of nitrogens with zero attached hydrogens (tertiary/aromatic N) is 1. The second-order valence-electron chi connectivity index (χ2n) is 5.49. The minimum atomic E-state index is -1.08. The van der Waals surface area contributed by atoms with E-state index in [4.69, 9.17) is 0 Å². The molecule has 0 N–H and O–H groups in total. The zero-order valence-electron chi connectivity index (χ0n) is 11.7. The van der Waals surface area contributed by atoms with Crippen molar-refractivity contribution in [1.82, 2.24) is 0 Å². The molecule has 0 aromatic heterocycles. The molecule has 1 saturated carbocycles. The first kappa shape index (κ1) is 15.7. The van der Waals surface area contributed by atoms with E-state index >= 15 is 0 Å². The van der Waals surface area contributed by atoms with E-state index in [1.165, 1.54) is 12.8 Å². The molecule has 4 unspecified atom stereocenters. The van der Waals surface area contributed by atoms with Gasteiger partial charge in [-0.05, 0) is 49.4 Å². The summed E-state index contributed by atoms with van der Waals surface area (Å²) in [5.41, 5.74) is 0. The number of rotatable bonds is 4. The molecular formula is C16H20BrNOS. The van der Waals surface area contributed by atoms with Crippen molar-refractivity contribution in [3.05, 3.63) is 28.7 Å². The highest BCUT2D eigenvalue weighted by Gasteiger charge is 2.34. The predicted octanol–water partition coefficient (Wildman–Crippen LogP) is 4.67. The quantitative estimate of drug-likeness (QED) is 0.789. The predicted molar refractivity (Wildman–Crippen MR) is 85.7 cm³/mol. The molecule has 1 fully saturated rings. The van der Waals surface area contributed by atoms with Gasteiger partial charge in [-0.3, -0.25) is 4.21 Å². The van der Waals surface area contributed by atoms with E-state index in [0.29, 0.717) is 5.92 Å². The lowest BCUT2D eigenvalue weighted by Gasteiger charge is -2.32. The topological polar surface area (TPSA) is 40.9 Å². The number of hydrogen-bond acceptors (Lipinski definition) is 2. The minimum absolute atomic E-state index is 0.00789. The summed E-state index contributed by atoms with van der Waals surface area (Å²) >= 11 is 3.39. The van der Waals surface area contributed by atoms with Crippen LogP contribution >= 0.6 is 15.9 Å². The lowest BCUT2D eigenvalue weighted by atomic mass is 9.80. The van der Waals surface area contributed by atoms with Gasteiger partial charge < -0.3 is 0 Å². The average Bonchev–Trinajstić information content (AvgIpc) is 2.47. The van der Waals surface area contributed by atoms with Crippen LogP contribution in [0.2, 0.25) is 0 Å². The van der Waals surface area contributed by atoms with Gasteiger partial charge in [0, 0.05) is 9.37 Å². The van der Waals surface area contributed by atoms with Crippen LogP contribution < -0.4 is 0 Å². The highest BCUT2D eigenvalue weighted by molar-refractivity contribution is 9.10. The van der Waals surface area contributed by atoms with Gasteiger partial charge in [-0.1, -0.05) is 35.7 Å². The van der Waals surface area contributed by atoms with Crippen molar-refractivity contribution in [2.75, 3.05) is 0 Å². The lowest BCUT2D eigenvalue weighted by molar-refractivity contribution is 0.303. The molecule has 0 bridgehead atoms. The van der Waals surface area contributed by atoms with E-state index in [-0.39, 0.29) is 11.2 Å². The van der Waals surface area contributed by atoms with Crippen LogP contribution in [0, 0.1) is 23.2 Å². The van der Waals surface area contributed by atoms with E-state index in [0.717, 1.165) is 28.6 Å². The summed E-state index contributed by atoms with van der Waals surface area (Å²) in [7, 11) is -1.08. The lowest BCUT2D eigenvalue weighted by Crippen LogP contribution is -2.32. The number of nitriles is 1. The summed E-state index contributed by atoms with van der Waals surface area (Å²) in [5, 5.41) is 9.32. The van der Waals surface area contributed by atoms with Crippen LogP contribution in [0.1, 0.15) is 39.0 Å². The fourth-order valence-electron chi connectivity index (χ4n) is 3.01. The number of halogens is 1. The molecule has 4 atom stereocenters. The molecule has 0 aliphatic heterocycles. The highest BCUT2D eigenvalue weighted by Crippen LogP contribution is 2.36. The Balaban J connectivity index is 2.16. The molecule has 0 saturated heterocycles. The molecule has 20 heavy (non-hydrogen) atoms. The Bertz CT molecular complexity index is 508. The van der Waals surface area contributed by atoms with Crippen LogP contribution in [0.25, 0.3) is 0 Å². The third kappa shape index (κ3) is 3.71. The van der Waals surface area contributed by atoms with E-state index < -0.39 is 10.8 Å². The second kappa shape index (κ2) is 7.38. The molecule has 2 rings (SSSR count). The zero-order chi connectivity index (χ0) is 14.5. The molecule has 0 spiro atoms. The van der Waals surface area contributed by atoms with Crippen molar-refractivity contribution in [3.63, 3.8) is 0 Å². The molecule has 1 aromatic carbocycles. The molecule has 4 heteroatoms. The van der Waals surface area contributed by atoms with Gasteiger partial charge in [0.25, 0.3) is 0 Å². The Hall–Kier alpha value is -0.660. The third-order valence-electron chi connectivity index (χ3n) is 4.08. The third-order valence-corrected chi connectivity index (χ3v) is 6.42. The average molecular weight is 354 g/mol. The molecule has 1 aliphatic rings. The van der Waals surface area contributed by atoms with Gasteiger partial charge in [-0.2, -0.15) is 5.26 Å². The molecular weight excluding hydrogens is 334 g/mol. The highest BCUT2D eigenvalue weighted by atomic mass is 79.9. The van der Waals surface area contributed by atoms with Gasteiger partial charge in [0.2, 0.25) is 0 Å². The Morgan fingerprint density at radius 2 is 2.05 bits per heavy atom. The first-order valence-corrected chi connectivity index (χ1v) is 9.22. The van der Waals surface area contributed by atoms with E-state index in [1.54, 1.807) is 0 Å². The van der Waals surface area contributed by atoms with Crippen molar-refractivity contribution in [3.8, 4) is 6.07 Å². The minimum Gasteiger partial charge on any atom is -0.254 e. The number of benzene rings is 1. The molecule has 0 radical (unpaired) electrons. The standard InChI is InChI=1S/C16H20BrNOS/c1-2-3-12-4-5-13(11-18)16(10-12)20(19)15-8-6-14(17)7-9-15/h6-9,12-13,16H,2-5,10H2,1H3. The first-order chi connectivity index (χ1) is 9.65. The Kier molecular flexibility index (Phi) is 5.80. The van der Waals surface area contributed by atoms with Gasteiger partial charge in [-0.25, -0.2) is 0 Å². The van der Waals surface area contributed by atoms with Crippen LogP contribution in [0.5, 0.6) is 0 Å². The summed E-state index contributed by atoms with van der Waals surface area (Å²) < 4.78 is 13.8. The van der Waals surface area contributed by atoms with E-state index in [1.807, 2.05) is 24.3 Å². The fourth-order valence-corrected chi connectivity index (χ4v) is 4.97. The van der Waals surface area contributed by atoms with Gasteiger partial charge in [0.1, 0.15) is 0 Å². The molecule has 0 amide bonds. The first-order valence-electron chi connectivity index (χ1n) is 7.21. The molecule has 0 heterocycles. The van der Waals surface area contributed by atoms with Crippen LogP contribution in [0.3, 0.4) is 0 Å². The summed E-state index contributed by atoms with van der Waals surface area (Å²) in [6.45, 7) is 2.19. The van der Waals surface area contributed by atoms with Crippen LogP contribution in [-0.2, 0) is 10.8 Å². The van der Waals surface area contributed by atoms with Crippen molar-refractivity contribution in [1.29, 1.82) is 5.26 Å². The van der Waals surface area contributed by atoms with Crippen molar-refractivity contribution >= 4 is 26.7 Å². The summed E-state index contributed by atoms with van der Waals surface area (Å²) in [5.74, 6) is 0.571. The fraction of sp³-hybridized carbons (Fsp3) is 0.562. The van der Waals surface area contributed by atoms with Crippen LogP contribution in [0.4, 0.5) is 0 Å². The molecule has 108 valence electrons. The van der Waals surface area contributed by atoms with E-state index in [2.05, 4.69) is 28.9 Å². The summed E-state index contributed by atoms with van der Waals surface area (Å²) in [4.78, 5) is 0.843. The number of hydrogen-bond donors (Lipinski definition) is 0. The monoisotopic (exact) mass is 353 g/mol. The normalized spacial score (nSPS) is 27.8. The zero-order valence-corrected chi connectivity index (χ0v) is 14.1. The maximum atomic E-state index is 12.8. The largest absolute Gasteiger partial charge is 0.254 e. The molecule has 1 aliphatic carbocycles. The van der Waals surface area contributed by atoms with Crippen LogP contribution in [0.15, 0.2) is 33.6 Å². The SMILES string of the molecule is CCCC1CCC(C#N)C(S(=O)c2ccc(Br)cc2)C1. The Morgan fingerprint density at radius 1 is 1.35 bits per heavy atom. The molecule has 2 nitrogen and oxygen atoms in total. The maximum Gasteiger partial charge on any atom is 0.0668 e. The smallest absolute Gasteiger partial charge is 0.0668 e. The summed E-state index contributed by atoms with van der Waals surface area (Å²) in [6, 6.07) is 10.0. The van der Waals surface area contributed by atoms with Crippen molar-refractivity contribution in [2.45, 2.75) is 49.2 Å². The van der Waals surface area contributed by atoms with Gasteiger partial charge in [0.05, 0.1) is 28.0 Å². The van der Waals surface area contributed by atoms with Crippen molar-refractivity contribution in [2.24, 2.45) is 11.8 Å². The second-order valence-corrected chi connectivity index (χ2v) is 8.08.